The third kappa shape index (κ3) is 4.54. The van der Waals surface area contributed by atoms with Crippen molar-refractivity contribution in [2.45, 2.75) is 51.4 Å². The summed E-state index contributed by atoms with van der Waals surface area (Å²) in [6.45, 7) is 7.24. The average molecular weight is 384 g/mol. The molecule has 2 fully saturated rings. The largest absolute Gasteiger partial charge is 0.417 e. The quantitative estimate of drug-likeness (QED) is 0.847. The summed E-state index contributed by atoms with van der Waals surface area (Å²) in [6.07, 6.45) is -0.922. The van der Waals surface area contributed by atoms with Gasteiger partial charge in [-0.3, -0.25) is 9.69 Å². The highest BCUT2D eigenvalue weighted by Gasteiger charge is 2.38. The van der Waals surface area contributed by atoms with E-state index < -0.39 is 11.7 Å². The molecule has 0 saturated carbocycles. The molecule has 1 aromatic heterocycles. The molecule has 2 atom stereocenters. The Kier molecular flexibility index (Phi) is 5.93. The Morgan fingerprint density at radius 1 is 1.26 bits per heavy atom. The van der Waals surface area contributed by atoms with Crippen molar-refractivity contribution in [3.05, 3.63) is 23.9 Å². The van der Waals surface area contributed by atoms with Crippen LogP contribution >= 0.6 is 0 Å². The summed E-state index contributed by atoms with van der Waals surface area (Å²) in [6, 6.07) is 2.85. The molecule has 1 N–H and O–H groups in total. The molecule has 150 valence electrons. The van der Waals surface area contributed by atoms with Crippen molar-refractivity contribution in [1.29, 1.82) is 0 Å². The number of anilines is 1. The Hall–Kier alpha value is -1.83. The molecule has 2 unspecified atom stereocenters. The number of amides is 1. The second kappa shape index (κ2) is 8.04. The third-order valence-corrected chi connectivity index (χ3v) is 5.71. The summed E-state index contributed by atoms with van der Waals surface area (Å²) < 4.78 is 37.9. The fraction of sp³-hybridized carbons (Fsp3) is 0.684. The van der Waals surface area contributed by atoms with Crippen LogP contribution in [-0.4, -0.2) is 59.0 Å². The van der Waals surface area contributed by atoms with E-state index in [1.54, 1.807) is 0 Å². The maximum atomic E-state index is 12.6. The van der Waals surface area contributed by atoms with Crippen LogP contribution < -0.4 is 5.32 Å². The minimum atomic E-state index is -4.37. The fourth-order valence-electron chi connectivity index (χ4n) is 4.10. The maximum Gasteiger partial charge on any atom is 0.417 e. The molecule has 1 amide bonds. The minimum absolute atomic E-state index is 0.100. The molecule has 3 rings (SSSR count). The lowest BCUT2D eigenvalue weighted by molar-refractivity contribution is -0.138. The van der Waals surface area contributed by atoms with Crippen LogP contribution in [0.3, 0.4) is 0 Å². The van der Waals surface area contributed by atoms with Gasteiger partial charge in [-0.25, -0.2) is 4.98 Å². The lowest BCUT2D eigenvalue weighted by atomic mass is 10.0. The van der Waals surface area contributed by atoms with Crippen LogP contribution in [0.25, 0.3) is 0 Å². The standard InChI is InChI=1S/C19H27F3N4O/c1-3-13(4-2)18(27)26-8-7-25-11-15(9-16(25)12-26)24-17-6-5-14(10-23-17)19(20,21)22/h5-6,10,13,15-16H,3-4,7-9,11-12H2,1-2H3,(H,23,24). The number of nitrogens with one attached hydrogen (secondary N) is 1. The number of carbonyl (C=O) groups is 1. The zero-order valence-electron chi connectivity index (χ0n) is 15.8. The van der Waals surface area contributed by atoms with Gasteiger partial charge in [0.05, 0.1) is 5.56 Å². The Bertz CT molecular complexity index is 645. The highest BCUT2D eigenvalue weighted by atomic mass is 19.4. The van der Waals surface area contributed by atoms with Gasteiger partial charge >= 0.3 is 6.18 Å². The highest BCUT2D eigenvalue weighted by Crippen LogP contribution is 2.30. The monoisotopic (exact) mass is 384 g/mol. The SMILES string of the molecule is CCC(CC)C(=O)N1CCN2CC(Nc3ccc(C(F)(F)F)cn3)CC2C1. The van der Waals surface area contributed by atoms with Gasteiger partial charge in [-0.15, -0.1) is 0 Å². The predicted molar refractivity (Wildman–Crippen MR) is 97.3 cm³/mol. The number of carbonyl (C=O) groups excluding carboxylic acids is 1. The molecule has 0 spiro atoms. The number of piperazine rings is 1. The highest BCUT2D eigenvalue weighted by molar-refractivity contribution is 5.79. The third-order valence-electron chi connectivity index (χ3n) is 5.71. The zero-order chi connectivity index (χ0) is 19.6. The van der Waals surface area contributed by atoms with Crippen LogP contribution in [0.15, 0.2) is 18.3 Å². The number of fused-ring (bicyclic) bond motifs is 1. The zero-order valence-corrected chi connectivity index (χ0v) is 15.8. The molecule has 5 nitrogen and oxygen atoms in total. The first-order valence-electron chi connectivity index (χ1n) is 9.64. The van der Waals surface area contributed by atoms with Crippen molar-refractivity contribution in [3.8, 4) is 0 Å². The van der Waals surface area contributed by atoms with Crippen molar-refractivity contribution < 1.29 is 18.0 Å². The van der Waals surface area contributed by atoms with E-state index in [0.29, 0.717) is 11.9 Å². The molecule has 0 bridgehead atoms. The van der Waals surface area contributed by atoms with Crippen LogP contribution in [0.1, 0.15) is 38.7 Å². The number of alkyl halides is 3. The number of aromatic nitrogens is 1. The molecule has 0 aliphatic carbocycles. The van der Waals surface area contributed by atoms with E-state index >= 15 is 0 Å². The molecule has 2 saturated heterocycles. The molecule has 2 aliphatic heterocycles. The first-order chi connectivity index (χ1) is 12.8. The molecule has 1 aromatic rings. The number of halogens is 3. The average Bonchev–Trinajstić information content (AvgIpc) is 3.03. The van der Waals surface area contributed by atoms with Crippen LogP contribution in [-0.2, 0) is 11.0 Å². The molecule has 2 aliphatic rings. The van der Waals surface area contributed by atoms with E-state index in [4.69, 9.17) is 0 Å². The Morgan fingerprint density at radius 3 is 2.59 bits per heavy atom. The van der Waals surface area contributed by atoms with Crippen LogP contribution in [0, 0.1) is 5.92 Å². The molecule has 0 radical (unpaired) electrons. The predicted octanol–water partition coefficient (Wildman–Crippen LogP) is 3.23. The normalized spacial score (nSPS) is 23.6. The van der Waals surface area contributed by atoms with Gasteiger partial charge in [0.1, 0.15) is 5.82 Å². The van der Waals surface area contributed by atoms with Crippen molar-refractivity contribution in [1.82, 2.24) is 14.8 Å². The first kappa shape index (κ1) is 19.9. The smallest absolute Gasteiger partial charge is 0.366 e. The Morgan fingerprint density at radius 2 is 2.00 bits per heavy atom. The fourth-order valence-corrected chi connectivity index (χ4v) is 4.10. The summed E-state index contributed by atoms with van der Waals surface area (Å²) in [5.41, 5.74) is -0.743. The van der Waals surface area contributed by atoms with E-state index in [0.717, 1.165) is 57.7 Å². The maximum absolute atomic E-state index is 12.6. The van der Waals surface area contributed by atoms with Crippen LogP contribution in [0.2, 0.25) is 0 Å². The Labute approximate surface area is 157 Å². The van der Waals surface area contributed by atoms with E-state index in [9.17, 15) is 18.0 Å². The number of hydrogen-bond acceptors (Lipinski definition) is 4. The van der Waals surface area contributed by atoms with Crippen LogP contribution in [0.5, 0.6) is 0 Å². The van der Waals surface area contributed by atoms with E-state index in [2.05, 4.69) is 29.0 Å². The lowest BCUT2D eigenvalue weighted by Gasteiger charge is -2.38. The van der Waals surface area contributed by atoms with Crippen molar-refractivity contribution >= 4 is 11.7 Å². The summed E-state index contributed by atoms with van der Waals surface area (Å²) in [5, 5.41) is 3.24. The van der Waals surface area contributed by atoms with E-state index in [1.165, 1.54) is 6.07 Å². The van der Waals surface area contributed by atoms with Crippen molar-refractivity contribution in [2.75, 3.05) is 31.5 Å². The number of pyridine rings is 1. The number of hydrogen-bond donors (Lipinski definition) is 1. The summed E-state index contributed by atoms with van der Waals surface area (Å²) in [5.74, 6) is 0.807. The molecular formula is C19H27F3N4O. The van der Waals surface area contributed by atoms with E-state index in [1.807, 2.05) is 4.90 Å². The molecular weight excluding hydrogens is 357 g/mol. The molecule has 8 heteroatoms. The molecule has 27 heavy (non-hydrogen) atoms. The van der Waals surface area contributed by atoms with Gasteiger partial charge < -0.3 is 10.2 Å². The topological polar surface area (TPSA) is 48.5 Å². The van der Waals surface area contributed by atoms with Gasteiger partial charge in [0.15, 0.2) is 0 Å². The van der Waals surface area contributed by atoms with Gasteiger partial charge in [-0.05, 0) is 31.4 Å². The molecule has 3 heterocycles. The second-order valence-electron chi connectivity index (χ2n) is 7.45. The van der Waals surface area contributed by atoms with Gasteiger partial charge in [0.25, 0.3) is 0 Å². The van der Waals surface area contributed by atoms with Crippen LogP contribution in [0.4, 0.5) is 19.0 Å². The Balaban J connectivity index is 1.56. The van der Waals surface area contributed by atoms with Crippen molar-refractivity contribution in [3.63, 3.8) is 0 Å². The van der Waals surface area contributed by atoms with Crippen molar-refractivity contribution in [2.24, 2.45) is 5.92 Å². The summed E-state index contributed by atoms with van der Waals surface area (Å²) in [7, 11) is 0. The summed E-state index contributed by atoms with van der Waals surface area (Å²) >= 11 is 0. The van der Waals surface area contributed by atoms with Gasteiger partial charge in [-0.2, -0.15) is 13.2 Å². The summed E-state index contributed by atoms with van der Waals surface area (Å²) in [4.78, 5) is 20.9. The number of nitrogens with zero attached hydrogens (tertiary/aromatic N) is 3. The van der Waals surface area contributed by atoms with E-state index in [-0.39, 0.29) is 17.9 Å². The van der Waals surface area contributed by atoms with Gasteiger partial charge in [0, 0.05) is 50.4 Å². The second-order valence-corrected chi connectivity index (χ2v) is 7.45. The number of rotatable bonds is 5. The van der Waals surface area contributed by atoms with Gasteiger partial charge in [0.2, 0.25) is 5.91 Å². The van der Waals surface area contributed by atoms with Gasteiger partial charge in [-0.1, -0.05) is 13.8 Å². The minimum Gasteiger partial charge on any atom is -0.366 e. The first-order valence-corrected chi connectivity index (χ1v) is 9.64. The molecule has 0 aromatic carbocycles. The lowest BCUT2D eigenvalue weighted by Crippen LogP contribution is -2.53.